The van der Waals surface area contributed by atoms with E-state index in [1.54, 1.807) is 0 Å². The van der Waals surface area contributed by atoms with E-state index in [0.29, 0.717) is 5.57 Å². The number of hydrogen-bond acceptors (Lipinski definition) is 0. The van der Waals surface area contributed by atoms with E-state index in [1.807, 2.05) is 0 Å². The summed E-state index contributed by atoms with van der Waals surface area (Å²) < 4.78 is 36.7. The van der Waals surface area contributed by atoms with E-state index in [0.717, 1.165) is 6.08 Å². The van der Waals surface area contributed by atoms with Gasteiger partial charge in [-0.25, -0.2) is 0 Å². The maximum Gasteiger partial charge on any atom is 0.396 e. The molecular formula is C9H8ClF3. The van der Waals surface area contributed by atoms with Gasteiger partial charge in [0.2, 0.25) is 0 Å². The van der Waals surface area contributed by atoms with Crippen molar-refractivity contribution in [2.45, 2.75) is 11.6 Å². The Labute approximate surface area is 79.4 Å². The molecule has 0 fully saturated rings. The first kappa shape index (κ1) is 10.4. The van der Waals surface area contributed by atoms with Crippen molar-refractivity contribution in [1.82, 2.24) is 0 Å². The molecule has 2 unspecified atom stereocenters. The predicted molar refractivity (Wildman–Crippen MR) is 46.6 cm³/mol. The minimum atomic E-state index is -4.27. The first-order chi connectivity index (χ1) is 5.95. The summed E-state index contributed by atoms with van der Waals surface area (Å²) in [7, 11) is 0. The summed E-state index contributed by atoms with van der Waals surface area (Å²) >= 11 is 5.55. The Kier molecular flexibility index (Phi) is 2.86. The van der Waals surface area contributed by atoms with Gasteiger partial charge >= 0.3 is 6.18 Å². The van der Waals surface area contributed by atoms with Gasteiger partial charge in [-0.2, -0.15) is 13.2 Å². The van der Waals surface area contributed by atoms with Crippen LogP contribution in [0.5, 0.6) is 0 Å². The zero-order chi connectivity index (χ0) is 10.1. The lowest BCUT2D eigenvalue weighted by Gasteiger charge is -2.22. The van der Waals surface area contributed by atoms with Crippen molar-refractivity contribution in [2.24, 2.45) is 5.92 Å². The second-order valence-electron chi connectivity index (χ2n) is 2.74. The van der Waals surface area contributed by atoms with E-state index in [-0.39, 0.29) is 0 Å². The molecule has 0 amide bonds. The average molecular weight is 209 g/mol. The summed E-state index contributed by atoms with van der Waals surface area (Å²) in [6.07, 6.45) is 0.996. The SMILES string of the molecule is C=CC1=CC(Cl)C(C(F)(F)F)C=C1. The molecule has 1 aliphatic rings. The third kappa shape index (κ3) is 2.37. The molecule has 0 spiro atoms. The maximum absolute atomic E-state index is 12.2. The molecule has 4 heteroatoms. The van der Waals surface area contributed by atoms with Crippen LogP contribution in [0.4, 0.5) is 13.2 Å². The molecule has 0 aromatic rings. The summed E-state index contributed by atoms with van der Waals surface area (Å²) in [6, 6.07) is 0. The summed E-state index contributed by atoms with van der Waals surface area (Å²) in [5.74, 6) is -1.59. The molecule has 0 aliphatic heterocycles. The van der Waals surface area contributed by atoms with Gasteiger partial charge in [-0.15, -0.1) is 11.6 Å². The number of halogens is 4. The highest BCUT2D eigenvalue weighted by molar-refractivity contribution is 6.22. The maximum atomic E-state index is 12.2. The zero-order valence-corrected chi connectivity index (χ0v) is 7.44. The van der Waals surface area contributed by atoms with Gasteiger partial charge in [-0.1, -0.05) is 30.9 Å². The number of alkyl halides is 4. The second kappa shape index (κ2) is 3.58. The van der Waals surface area contributed by atoms with Crippen LogP contribution in [-0.2, 0) is 0 Å². The monoisotopic (exact) mass is 208 g/mol. The van der Waals surface area contributed by atoms with Crippen molar-refractivity contribution >= 4 is 11.6 Å². The molecular weight excluding hydrogens is 201 g/mol. The highest BCUT2D eigenvalue weighted by Crippen LogP contribution is 2.35. The lowest BCUT2D eigenvalue weighted by molar-refractivity contribution is -0.159. The standard InChI is InChI=1S/C9H8ClF3/c1-2-6-3-4-7(8(10)5-6)9(11,12)13/h2-5,7-8H,1H2. The molecule has 0 saturated carbocycles. The molecule has 0 saturated heterocycles. The van der Waals surface area contributed by atoms with Gasteiger partial charge in [0.05, 0.1) is 11.3 Å². The molecule has 0 N–H and O–H groups in total. The van der Waals surface area contributed by atoms with Crippen molar-refractivity contribution in [3.63, 3.8) is 0 Å². The van der Waals surface area contributed by atoms with E-state index < -0.39 is 17.5 Å². The number of rotatable bonds is 1. The Hall–Kier alpha value is -0.700. The molecule has 0 aromatic heterocycles. The lowest BCUT2D eigenvalue weighted by Crippen LogP contribution is -2.29. The van der Waals surface area contributed by atoms with Crippen molar-refractivity contribution in [1.29, 1.82) is 0 Å². The molecule has 0 bridgehead atoms. The van der Waals surface area contributed by atoms with Crippen LogP contribution in [0.1, 0.15) is 0 Å². The van der Waals surface area contributed by atoms with Gasteiger partial charge in [-0.05, 0) is 5.57 Å². The van der Waals surface area contributed by atoms with Crippen LogP contribution in [0, 0.1) is 5.92 Å². The quantitative estimate of drug-likeness (QED) is 0.579. The molecule has 0 heterocycles. The minimum absolute atomic E-state index is 0.625. The fourth-order valence-electron chi connectivity index (χ4n) is 1.09. The van der Waals surface area contributed by atoms with Crippen LogP contribution in [0.2, 0.25) is 0 Å². The summed E-state index contributed by atoms with van der Waals surface area (Å²) in [5, 5.41) is -1.03. The smallest absolute Gasteiger partial charge is 0.170 e. The van der Waals surface area contributed by atoms with E-state index in [4.69, 9.17) is 11.6 Å². The van der Waals surface area contributed by atoms with Gasteiger partial charge in [0, 0.05) is 0 Å². The first-order valence-electron chi connectivity index (χ1n) is 3.68. The summed E-state index contributed by atoms with van der Waals surface area (Å²) in [5.41, 5.74) is 0.625. The van der Waals surface area contributed by atoms with Gasteiger partial charge in [0.1, 0.15) is 0 Å². The van der Waals surface area contributed by atoms with Crippen LogP contribution in [0.25, 0.3) is 0 Å². The number of hydrogen-bond donors (Lipinski definition) is 0. The third-order valence-corrected chi connectivity index (χ3v) is 2.20. The van der Waals surface area contributed by atoms with Crippen molar-refractivity contribution in [2.75, 3.05) is 0 Å². The van der Waals surface area contributed by atoms with Gasteiger partial charge < -0.3 is 0 Å². The van der Waals surface area contributed by atoms with Crippen LogP contribution in [-0.4, -0.2) is 11.6 Å². The van der Waals surface area contributed by atoms with E-state index >= 15 is 0 Å². The topological polar surface area (TPSA) is 0 Å². The molecule has 13 heavy (non-hydrogen) atoms. The Balaban J connectivity index is 2.83. The largest absolute Gasteiger partial charge is 0.396 e. The Morgan fingerprint density at radius 3 is 2.46 bits per heavy atom. The van der Waals surface area contributed by atoms with Crippen molar-refractivity contribution in [3.05, 3.63) is 36.5 Å². The lowest BCUT2D eigenvalue weighted by atomic mass is 9.96. The fraction of sp³-hybridized carbons (Fsp3) is 0.333. The Bertz CT molecular complexity index is 263. The Morgan fingerprint density at radius 2 is 2.08 bits per heavy atom. The predicted octanol–water partition coefficient (Wildman–Crippen LogP) is 3.45. The van der Waals surface area contributed by atoms with Crippen molar-refractivity contribution < 1.29 is 13.2 Å². The highest BCUT2D eigenvalue weighted by Gasteiger charge is 2.42. The van der Waals surface area contributed by atoms with E-state index in [2.05, 4.69) is 6.58 Å². The summed E-state index contributed by atoms with van der Waals surface area (Å²) in [4.78, 5) is 0. The molecule has 0 nitrogen and oxygen atoms in total. The first-order valence-corrected chi connectivity index (χ1v) is 4.12. The fourth-order valence-corrected chi connectivity index (χ4v) is 1.46. The molecule has 72 valence electrons. The second-order valence-corrected chi connectivity index (χ2v) is 3.25. The molecule has 0 radical (unpaired) electrons. The van der Waals surface area contributed by atoms with E-state index in [9.17, 15) is 13.2 Å². The Morgan fingerprint density at radius 1 is 1.46 bits per heavy atom. The average Bonchev–Trinajstić information content (AvgIpc) is 2.01. The normalized spacial score (nSPS) is 28.5. The van der Waals surface area contributed by atoms with Gasteiger partial charge in [0.15, 0.2) is 0 Å². The van der Waals surface area contributed by atoms with Crippen LogP contribution in [0.3, 0.4) is 0 Å². The van der Waals surface area contributed by atoms with Crippen LogP contribution in [0.15, 0.2) is 36.5 Å². The zero-order valence-electron chi connectivity index (χ0n) is 6.68. The molecule has 1 aliphatic carbocycles. The molecule has 0 aromatic carbocycles. The minimum Gasteiger partial charge on any atom is -0.170 e. The number of allylic oxidation sites excluding steroid dienone is 5. The van der Waals surface area contributed by atoms with Crippen LogP contribution >= 0.6 is 11.6 Å². The summed E-state index contributed by atoms with van der Waals surface area (Å²) in [6.45, 7) is 3.45. The van der Waals surface area contributed by atoms with Crippen molar-refractivity contribution in [3.8, 4) is 0 Å². The van der Waals surface area contributed by atoms with Gasteiger partial charge in [0.25, 0.3) is 0 Å². The molecule has 2 atom stereocenters. The van der Waals surface area contributed by atoms with Crippen LogP contribution < -0.4 is 0 Å². The van der Waals surface area contributed by atoms with E-state index in [1.165, 1.54) is 18.2 Å². The van der Waals surface area contributed by atoms with Gasteiger partial charge in [-0.3, -0.25) is 0 Å². The highest BCUT2D eigenvalue weighted by atomic mass is 35.5. The molecule has 1 rings (SSSR count). The third-order valence-electron chi connectivity index (χ3n) is 1.80.